The first-order valence-corrected chi connectivity index (χ1v) is 6.59. The third-order valence-electron chi connectivity index (χ3n) is 3.05. The zero-order valence-corrected chi connectivity index (χ0v) is 13.1. The van der Waals surface area contributed by atoms with Crippen molar-refractivity contribution >= 4 is 11.9 Å². The van der Waals surface area contributed by atoms with Crippen molar-refractivity contribution in [2.45, 2.75) is 40.7 Å². The van der Waals surface area contributed by atoms with Crippen LogP contribution in [-0.4, -0.2) is 50.2 Å². The quantitative estimate of drug-likeness (QED) is 0.546. The number of ether oxygens (including phenoxy) is 2. The Balaban J connectivity index is 5.07. The second kappa shape index (κ2) is 7.48. The minimum absolute atomic E-state index is 0.0863. The molecule has 1 amide bonds. The van der Waals surface area contributed by atoms with E-state index in [1.807, 2.05) is 27.7 Å². The molecule has 5 heteroatoms. The fraction of sp³-hybridized carbons (Fsp3) is 0.857. The number of esters is 1. The van der Waals surface area contributed by atoms with Crippen LogP contribution in [0, 0.1) is 11.3 Å². The van der Waals surface area contributed by atoms with Crippen LogP contribution in [-0.2, 0) is 19.1 Å². The molecule has 5 nitrogen and oxygen atoms in total. The van der Waals surface area contributed by atoms with E-state index in [1.165, 1.54) is 0 Å². The van der Waals surface area contributed by atoms with Gasteiger partial charge in [0.2, 0.25) is 5.91 Å². The van der Waals surface area contributed by atoms with Crippen molar-refractivity contribution in [1.29, 1.82) is 0 Å². The fourth-order valence-corrected chi connectivity index (χ4v) is 1.82. The van der Waals surface area contributed by atoms with Crippen molar-refractivity contribution in [2.75, 3.05) is 27.4 Å². The van der Waals surface area contributed by atoms with E-state index in [0.29, 0.717) is 6.61 Å². The molecule has 0 N–H and O–H groups in total. The molecule has 19 heavy (non-hydrogen) atoms. The minimum atomic E-state index is -0.795. The second-order valence-electron chi connectivity index (χ2n) is 5.80. The molecule has 0 aliphatic carbocycles. The van der Waals surface area contributed by atoms with Gasteiger partial charge in [-0.2, -0.15) is 0 Å². The molecule has 0 heterocycles. The van der Waals surface area contributed by atoms with Gasteiger partial charge in [0, 0.05) is 14.2 Å². The number of carbonyl (C=O) groups excluding carboxylic acids is 2. The van der Waals surface area contributed by atoms with E-state index < -0.39 is 17.3 Å². The Morgan fingerprint density at radius 1 is 1.26 bits per heavy atom. The summed E-state index contributed by atoms with van der Waals surface area (Å²) in [6.07, 6.45) is 0. The average Bonchev–Trinajstić information content (AvgIpc) is 2.26. The highest BCUT2D eigenvalue weighted by atomic mass is 16.5. The van der Waals surface area contributed by atoms with E-state index in [-0.39, 0.29) is 18.6 Å². The van der Waals surface area contributed by atoms with Gasteiger partial charge in [-0.1, -0.05) is 20.8 Å². The van der Waals surface area contributed by atoms with Gasteiger partial charge in [-0.05, 0) is 19.3 Å². The van der Waals surface area contributed by atoms with Crippen LogP contribution in [0.25, 0.3) is 0 Å². The summed E-state index contributed by atoms with van der Waals surface area (Å²) in [5.74, 6) is -1.48. The van der Waals surface area contributed by atoms with Crippen LogP contribution >= 0.6 is 0 Å². The van der Waals surface area contributed by atoms with Crippen molar-refractivity contribution in [2.24, 2.45) is 11.3 Å². The summed E-state index contributed by atoms with van der Waals surface area (Å²) in [4.78, 5) is 26.1. The third kappa shape index (κ3) is 5.19. The molecular weight excluding hydrogens is 246 g/mol. The molecule has 0 bridgehead atoms. The fourth-order valence-electron chi connectivity index (χ4n) is 1.82. The van der Waals surface area contributed by atoms with Crippen LogP contribution in [0.4, 0.5) is 0 Å². The van der Waals surface area contributed by atoms with E-state index in [0.717, 1.165) is 0 Å². The van der Waals surface area contributed by atoms with Crippen LogP contribution in [0.3, 0.4) is 0 Å². The third-order valence-corrected chi connectivity index (χ3v) is 3.05. The molecule has 0 aromatic carbocycles. The van der Waals surface area contributed by atoms with Crippen LogP contribution in [0.5, 0.6) is 0 Å². The second-order valence-corrected chi connectivity index (χ2v) is 5.80. The molecule has 0 aromatic heterocycles. The Kier molecular flexibility index (Phi) is 7.05. The first-order chi connectivity index (χ1) is 8.66. The van der Waals surface area contributed by atoms with Gasteiger partial charge in [0.1, 0.15) is 5.92 Å². The number of hydrogen-bond acceptors (Lipinski definition) is 4. The standard InChI is InChI=1S/C14H27NO4/c1-8-19-13(17)11(14(3,4)5)12(16)15(6)10(2)9-18-7/h10-11H,8-9H2,1-7H3. The Morgan fingerprint density at radius 3 is 2.16 bits per heavy atom. The maximum atomic E-state index is 12.5. The summed E-state index contributed by atoms with van der Waals surface area (Å²) >= 11 is 0. The molecule has 0 saturated carbocycles. The van der Waals surface area contributed by atoms with Crippen molar-refractivity contribution in [3.8, 4) is 0 Å². The Hall–Kier alpha value is -1.10. The molecule has 0 fully saturated rings. The lowest BCUT2D eigenvalue weighted by Crippen LogP contribution is -2.48. The number of likely N-dealkylation sites (N-methyl/N-ethyl adjacent to an activating group) is 1. The van der Waals surface area contributed by atoms with E-state index in [9.17, 15) is 9.59 Å². The van der Waals surface area contributed by atoms with E-state index in [2.05, 4.69) is 0 Å². The monoisotopic (exact) mass is 273 g/mol. The van der Waals surface area contributed by atoms with E-state index in [4.69, 9.17) is 9.47 Å². The van der Waals surface area contributed by atoms with Gasteiger partial charge in [0.25, 0.3) is 0 Å². The molecular formula is C14H27NO4. The highest BCUT2D eigenvalue weighted by Gasteiger charge is 2.41. The highest BCUT2D eigenvalue weighted by Crippen LogP contribution is 2.29. The minimum Gasteiger partial charge on any atom is -0.465 e. The molecule has 0 saturated heterocycles. The number of carbonyl (C=O) groups is 2. The SMILES string of the molecule is CCOC(=O)C(C(=O)N(C)C(C)COC)C(C)(C)C. The van der Waals surface area contributed by atoms with Crippen molar-refractivity contribution in [3.05, 3.63) is 0 Å². The van der Waals surface area contributed by atoms with E-state index >= 15 is 0 Å². The maximum Gasteiger partial charge on any atom is 0.319 e. The Bertz CT molecular complexity index is 309. The molecule has 0 aliphatic heterocycles. The number of amides is 1. The lowest BCUT2D eigenvalue weighted by molar-refractivity contribution is -0.161. The van der Waals surface area contributed by atoms with Gasteiger partial charge in [-0.25, -0.2) is 0 Å². The maximum absolute atomic E-state index is 12.5. The van der Waals surface area contributed by atoms with Crippen LogP contribution in [0.1, 0.15) is 34.6 Å². The van der Waals surface area contributed by atoms with Crippen LogP contribution in [0.15, 0.2) is 0 Å². The molecule has 0 rings (SSSR count). The number of hydrogen-bond donors (Lipinski definition) is 0. The summed E-state index contributed by atoms with van der Waals surface area (Å²) in [5.41, 5.74) is -0.482. The lowest BCUT2D eigenvalue weighted by atomic mass is 9.79. The molecule has 0 aromatic rings. The molecule has 2 atom stereocenters. The normalized spacial score (nSPS) is 14.7. The topological polar surface area (TPSA) is 55.8 Å². The largest absolute Gasteiger partial charge is 0.465 e. The van der Waals surface area contributed by atoms with Crippen molar-refractivity contribution < 1.29 is 19.1 Å². The molecule has 0 radical (unpaired) electrons. The summed E-state index contributed by atoms with van der Waals surface area (Å²) in [5, 5.41) is 0. The van der Waals surface area contributed by atoms with Crippen molar-refractivity contribution in [3.63, 3.8) is 0 Å². The van der Waals surface area contributed by atoms with E-state index in [1.54, 1.807) is 26.0 Å². The first kappa shape index (κ1) is 17.9. The first-order valence-electron chi connectivity index (χ1n) is 6.59. The average molecular weight is 273 g/mol. The summed E-state index contributed by atoms with van der Waals surface area (Å²) in [6.45, 7) is 9.91. The lowest BCUT2D eigenvalue weighted by Gasteiger charge is -2.33. The highest BCUT2D eigenvalue weighted by molar-refractivity contribution is 5.98. The summed E-state index contributed by atoms with van der Waals surface area (Å²) in [7, 11) is 3.27. The number of methoxy groups -OCH3 is 1. The van der Waals surface area contributed by atoms with Gasteiger partial charge in [0.05, 0.1) is 19.3 Å². The van der Waals surface area contributed by atoms with Gasteiger partial charge in [-0.15, -0.1) is 0 Å². The zero-order valence-electron chi connectivity index (χ0n) is 13.1. The van der Waals surface area contributed by atoms with Crippen LogP contribution in [0.2, 0.25) is 0 Å². The van der Waals surface area contributed by atoms with Gasteiger partial charge in [-0.3, -0.25) is 9.59 Å². The van der Waals surface area contributed by atoms with Gasteiger partial charge >= 0.3 is 5.97 Å². The molecule has 0 spiro atoms. The Morgan fingerprint density at radius 2 is 1.79 bits per heavy atom. The zero-order chi connectivity index (χ0) is 15.2. The van der Waals surface area contributed by atoms with Gasteiger partial charge in [0.15, 0.2) is 0 Å². The molecule has 2 unspecified atom stereocenters. The Labute approximate surface area is 116 Å². The smallest absolute Gasteiger partial charge is 0.319 e. The van der Waals surface area contributed by atoms with Crippen molar-refractivity contribution in [1.82, 2.24) is 4.90 Å². The summed E-state index contributed by atoms with van der Waals surface area (Å²) < 4.78 is 10.1. The predicted octanol–water partition coefficient (Wildman–Crippen LogP) is 1.71. The number of rotatable bonds is 6. The molecule has 112 valence electrons. The number of nitrogens with zero attached hydrogens (tertiary/aromatic N) is 1. The van der Waals surface area contributed by atoms with Crippen LogP contribution < -0.4 is 0 Å². The molecule has 0 aliphatic rings. The predicted molar refractivity (Wildman–Crippen MR) is 73.7 cm³/mol. The summed E-state index contributed by atoms with van der Waals surface area (Å²) in [6, 6.07) is -0.0863. The van der Waals surface area contributed by atoms with Gasteiger partial charge < -0.3 is 14.4 Å².